The van der Waals surface area contributed by atoms with Crippen LogP contribution < -0.4 is 0 Å². The number of ether oxygens (including phenoxy) is 1. The zero-order valence-corrected chi connectivity index (χ0v) is 8.23. The van der Waals surface area contributed by atoms with Crippen molar-refractivity contribution in [2.75, 3.05) is 13.2 Å². The molecule has 2 atom stereocenters. The van der Waals surface area contributed by atoms with Gasteiger partial charge in [-0.2, -0.15) is 0 Å². The third-order valence-corrected chi connectivity index (χ3v) is 2.84. The van der Waals surface area contributed by atoms with Crippen LogP contribution in [0.5, 0.6) is 0 Å². The molecule has 2 nitrogen and oxygen atoms in total. The van der Waals surface area contributed by atoms with Gasteiger partial charge in [-0.15, -0.1) is 0 Å². The predicted molar refractivity (Wildman–Crippen MR) is 55.2 cm³/mol. The van der Waals surface area contributed by atoms with Crippen LogP contribution in [-0.2, 0) is 4.74 Å². The number of aliphatic hydroxyl groups excluding tert-OH is 1. The average Bonchev–Trinajstić information content (AvgIpc) is 2.74. The Kier molecular flexibility index (Phi) is 3.17. The lowest BCUT2D eigenvalue weighted by Gasteiger charge is -2.20. The van der Waals surface area contributed by atoms with Crippen LogP contribution in [0.1, 0.15) is 24.3 Å². The first-order chi connectivity index (χ1) is 6.92. The number of hydrogen-bond donors (Lipinski definition) is 1. The Labute approximate surface area is 84.5 Å². The summed E-state index contributed by atoms with van der Waals surface area (Å²) < 4.78 is 5.60. The van der Waals surface area contributed by atoms with Crippen molar-refractivity contribution >= 4 is 0 Å². The molecule has 0 aliphatic carbocycles. The van der Waals surface area contributed by atoms with Gasteiger partial charge in [-0.3, -0.25) is 0 Å². The van der Waals surface area contributed by atoms with E-state index in [1.165, 1.54) is 5.56 Å². The maximum absolute atomic E-state index is 9.36. The monoisotopic (exact) mass is 192 g/mol. The van der Waals surface area contributed by atoms with E-state index in [4.69, 9.17) is 4.74 Å². The molecule has 1 aromatic carbocycles. The number of benzene rings is 1. The summed E-state index contributed by atoms with van der Waals surface area (Å²) in [6, 6.07) is 10.1. The molecule has 0 saturated carbocycles. The molecule has 1 aromatic rings. The van der Waals surface area contributed by atoms with Crippen molar-refractivity contribution in [3.8, 4) is 0 Å². The van der Waals surface area contributed by atoms with Crippen LogP contribution in [0.15, 0.2) is 30.3 Å². The molecule has 2 unspecified atom stereocenters. The van der Waals surface area contributed by atoms with Crippen molar-refractivity contribution in [3.63, 3.8) is 0 Å². The topological polar surface area (TPSA) is 29.5 Å². The van der Waals surface area contributed by atoms with E-state index in [-0.39, 0.29) is 18.6 Å². The van der Waals surface area contributed by atoms with E-state index in [0.29, 0.717) is 0 Å². The molecule has 1 fully saturated rings. The molecule has 0 bridgehead atoms. The fourth-order valence-corrected chi connectivity index (χ4v) is 2.06. The molecule has 0 spiro atoms. The van der Waals surface area contributed by atoms with Gasteiger partial charge in [0.15, 0.2) is 0 Å². The largest absolute Gasteiger partial charge is 0.396 e. The van der Waals surface area contributed by atoms with Gasteiger partial charge in [-0.25, -0.2) is 0 Å². The van der Waals surface area contributed by atoms with Gasteiger partial charge in [0.1, 0.15) is 0 Å². The molecule has 0 amide bonds. The van der Waals surface area contributed by atoms with E-state index in [1.54, 1.807) is 0 Å². The highest BCUT2D eigenvalue weighted by Gasteiger charge is 2.26. The smallest absolute Gasteiger partial charge is 0.0666 e. The number of aliphatic hydroxyl groups is 1. The van der Waals surface area contributed by atoms with E-state index >= 15 is 0 Å². The molecule has 0 aromatic heterocycles. The Balaban J connectivity index is 2.12. The van der Waals surface area contributed by atoms with Crippen LogP contribution >= 0.6 is 0 Å². The van der Waals surface area contributed by atoms with Gasteiger partial charge in [0.25, 0.3) is 0 Å². The quantitative estimate of drug-likeness (QED) is 0.793. The summed E-state index contributed by atoms with van der Waals surface area (Å²) in [5.74, 6) is 0.152. The lowest BCUT2D eigenvalue weighted by atomic mass is 9.93. The molecule has 76 valence electrons. The van der Waals surface area contributed by atoms with Gasteiger partial charge in [-0.05, 0) is 18.4 Å². The molecule has 2 heteroatoms. The molecule has 2 rings (SSSR count). The lowest BCUT2D eigenvalue weighted by molar-refractivity contribution is 0.0672. The minimum absolute atomic E-state index is 0.152. The van der Waals surface area contributed by atoms with Crippen LogP contribution in [0.25, 0.3) is 0 Å². The molecule has 0 radical (unpaired) electrons. The second kappa shape index (κ2) is 4.58. The Hall–Kier alpha value is -0.860. The first-order valence-corrected chi connectivity index (χ1v) is 5.19. The van der Waals surface area contributed by atoms with Crippen LogP contribution in [0.2, 0.25) is 0 Å². The number of hydrogen-bond acceptors (Lipinski definition) is 2. The summed E-state index contributed by atoms with van der Waals surface area (Å²) in [6.45, 7) is 1.02. The normalized spacial score (nSPS) is 23.6. The van der Waals surface area contributed by atoms with Crippen LogP contribution in [0, 0.1) is 0 Å². The van der Waals surface area contributed by atoms with E-state index in [1.807, 2.05) is 18.2 Å². The molecule has 1 aliphatic rings. The van der Waals surface area contributed by atoms with E-state index in [0.717, 1.165) is 19.4 Å². The first kappa shape index (κ1) is 9.69. The van der Waals surface area contributed by atoms with Crippen molar-refractivity contribution in [1.29, 1.82) is 0 Å². The van der Waals surface area contributed by atoms with Crippen LogP contribution in [0.3, 0.4) is 0 Å². The third kappa shape index (κ3) is 1.97. The first-order valence-electron chi connectivity index (χ1n) is 5.19. The van der Waals surface area contributed by atoms with Gasteiger partial charge in [0, 0.05) is 12.5 Å². The highest BCUT2D eigenvalue weighted by atomic mass is 16.5. The van der Waals surface area contributed by atoms with Crippen molar-refractivity contribution in [2.45, 2.75) is 24.9 Å². The second-order valence-corrected chi connectivity index (χ2v) is 3.75. The zero-order chi connectivity index (χ0) is 9.80. The van der Waals surface area contributed by atoms with Gasteiger partial charge in [-0.1, -0.05) is 30.3 Å². The van der Waals surface area contributed by atoms with Crippen molar-refractivity contribution in [1.82, 2.24) is 0 Å². The summed E-state index contributed by atoms with van der Waals surface area (Å²) in [4.78, 5) is 0. The Morgan fingerprint density at radius 2 is 2.14 bits per heavy atom. The highest BCUT2D eigenvalue weighted by Crippen LogP contribution is 2.28. The average molecular weight is 192 g/mol. The molecule has 1 N–H and O–H groups in total. The Morgan fingerprint density at radius 3 is 2.71 bits per heavy atom. The van der Waals surface area contributed by atoms with Crippen LogP contribution in [-0.4, -0.2) is 24.4 Å². The molecular formula is C12H16O2. The van der Waals surface area contributed by atoms with E-state index in [2.05, 4.69) is 12.1 Å². The maximum atomic E-state index is 9.36. The molecule has 1 saturated heterocycles. The summed E-state index contributed by atoms with van der Waals surface area (Å²) in [5, 5.41) is 9.36. The SMILES string of the molecule is OCC(c1ccccc1)C1CCCO1. The second-order valence-electron chi connectivity index (χ2n) is 3.75. The fraction of sp³-hybridized carbons (Fsp3) is 0.500. The predicted octanol–water partition coefficient (Wildman–Crippen LogP) is 1.94. The molecule has 1 heterocycles. The van der Waals surface area contributed by atoms with E-state index in [9.17, 15) is 5.11 Å². The zero-order valence-electron chi connectivity index (χ0n) is 8.23. The third-order valence-electron chi connectivity index (χ3n) is 2.84. The minimum atomic E-state index is 0.152. The van der Waals surface area contributed by atoms with Crippen LogP contribution in [0.4, 0.5) is 0 Å². The van der Waals surface area contributed by atoms with Crippen molar-refractivity contribution in [2.24, 2.45) is 0 Å². The summed E-state index contributed by atoms with van der Waals surface area (Å²) >= 11 is 0. The minimum Gasteiger partial charge on any atom is -0.396 e. The maximum Gasteiger partial charge on any atom is 0.0666 e. The highest BCUT2D eigenvalue weighted by molar-refractivity contribution is 5.21. The van der Waals surface area contributed by atoms with E-state index < -0.39 is 0 Å². The summed E-state index contributed by atoms with van der Waals surface area (Å²) in [7, 11) is 0. The standard InChI is InChI=1S/C12H16O2/c13-9-11(12-7-4-8-14-12)10-5-2-1-3-6-10/h1-3,5-6,11-13H,4,7-9H2. The van der Waals surface area contributed by atoms with Crippen molar-refractivity contribution in [3.05, 3.63) is 35.9 Å². The Bertz CT molecular complexity index is 265. The summed E-state index contributed by atoms with van der Waals surface area (Å²) in [6.07, 6.45) is 2.40. The molecule has 1 aliphatic heterocycles. The van der Waals surface area contributed by atoms with Gasteiger partial charge < -0.3 is 9.84 Å². The lowest BCUT2D eigenvalue weighted by Crippen LogP contribution is -2.20. The Morgan fingerprint density at radius 1 is 1.36 bits per heavy atom. The van der Waals surface area contributed by atoms with Gasteiger partial charge in [0.05, 0.1) is 12.7 Å². The summed E-state index contributed by atoms with van der Waals surface area (Å²) in [5.41, 5.74) is 1.18. The van der Waals surface area contributed by atoms with Gasteiger partial charge >= 0.3 is 0 Å². The fourth-order valence-electron chi connectivity index (χ4n) is 2.06. The molecular weight excluding hydrogens is 176 g/mol. The molecule has 14 heavy (non-hydrogen) atoms. The number of rotatable bonds is 3. The van der Waals surface area contributed by atoms with Gasteiger partial charge in [0.2, 0.25) is 0 Å². The van der Waals surface area contributed by atoms with Crippen molar-refractivity contribution < 1.29 is 9.84 Å².